The van der Waals surface area contributed by atoms with Gasteiger partial charge in [-0.15, -0.1) is 0 Å². The van der Waals surface area contributed by atoms with E-state index < -0.39 is 38.5 Å². The molecule has 0 aliphatic rings. The lowest BCUT2D eigenvalue weighted by Gasteiger charge is -2.11. The van der Waals surface area contributed by atoms with Gasteiger partial charge in [0.15, 0.2) is 5.16 Å². The summed E-state index contributed by atoms with van der Waals surface area (Å²) in [7, 11) is -3.80. The van der Waals surface area contributed by atoms with Crippen LogP contribution in [0.25, 0.3) is 22.5 Å². The van der Waals surface area contributed by atoms with E-state index in [9.17, 15) is 34.8 Å². The maximum atomic E-state index is 13.0. The Bertz CT molecular complexity index is 2290. The average molecular weight is 785 g/mol. The maximum Gasteiger partial charge on any atom is 0.416 e. The van der Waals surface area contributed by atoms with Gasteiger partial charge in [-0.05, 0) is 41.6 Å². The molecule has 0 aliphatic heterocycles. The lowest BCUT2D eigenvalue weighted by atomic mass is 10.1. The van der Waals surface area contributed by atoms with Crippen molar-refractivity contribution in [2.45, 2.75) is 35.9 Å². The lowest BCUT2D eigenvalue weighted by molar-refractivity contribution is -0.138. The molecule has 6 rings (SSSR count). The molecule has 54 heavy (non-hydrogen) atoms. The van der Waals surface area contributed by atoms with Crippen LogP contribution in [0.4, 0.5) is 26.3 Å². The quantitative estimate of drug-likeness (QED) is 0.0763. The normalized spacial score (nSPS) is 11.7. The molecule has 0 N–H and O–H groups in total. The molecule has 0 amide bonds. The fourth-order valence-corrected chi connectivity index (χ4v) is 5.57. The van der Waals surface area contributed by atoms with E-state index in [4.69, 9.17) is 9.47 Å². The number of aromatic nitrogens is 4. The second kappa shape index (κ2) is 17.1. The smallest absolute Gasteiger partial charge is 0.416 e. The first kappa shape index (κ1) is 39.7. The minimum absolute atomic E-state index is 0.0181. The summed E-state index contributed by atoms with van der Waals surface area (Å²) in [6, 6.07) is 31.0. The molecule has 0 saturated heterocycles. The fourth-order valence-electron chi connectivity index (χ4n) is 4.68. The molecule has 0 atom stereocenters. The number of nitrogens with zero attached hydrogens (tertiary/aromatic N) is 4. The third-order valence-corrected chi connectivity index (χ3v) is 8.70. The summed E-state index contributed by atoms with van der Waals surface area (Å²) in [6.45, 7) is 0.427. The molecule has 0 fully saturated rings. The van der Waals surface area contributed by atoms with Crippen LogP contribution in [0.15, 0.2) is 132 Å². The van der Waals surface area contributed by atoms with E-state index in [0.717, 1.165) is 41.6 Å². The van der Waals surface area contributed by atoms with Crippen LogP contribution in [-0.4, -0.2) is 40.9 Å². The Kier molecular flexibility index (Phi) is 12.6. The Morgan fingerprint density at radius 3 is 1.44 bits per heavy atom. The van der Waals surface area contributed by atoms with Crippen LogP contribution < -0.4 is 9.47 Å². The third-order valence-electron chi connectivity index (χ3n) is 7.31. The average Bonchev–Trinajstić information content (AvgIpc) is 3.16. The highest BCUT2D eigenvalue weighted by Gasteiger charge is 2.31. The monoisotopic (exact) mass is 784 g/mol. The molecule has 4 aromatic carbocycles. The molecule has 2 aromatic heterocycles. The SMILES string of the molecule is CS(=O)(=O)c1nc(OCc2ccccc2)cc(-c2cccc(C(F)(F)F)c2)n1.CSc1nc(OCc2ccccc2)cc(-c2cccc(C(F)(F)F)c2)n1. The number of sulfone groups is 1. The summed E-state index contributed by atoms with van der Waals surface area (Å²) >= 11 is 1.30. The van der Waals surface area contributed by atoms with Crippen LogP contribution in [0.5, 0.6) is 11.8 Å². The Morgan fingerprint density at radius 2 is 1.02 bits per heavy atom. The molecule has 280 valence electrons. The predicted octanol–water partition coefficient (Wildman–Crippen LogP) is 9.61. The van der Waals surface area contributed by atoms with Gasteiger partial charge in [-0.3, -0.25) is 0 Å². The Labute approximate surface area is 311 Å². The van der Waals surface area contributed by atoms with Crippen molar-refractivity contribution in [1.29, 1.82) is 0 Å². The van der Waals surface area contributed by atoms with Gasteiger partial charge in [-0.2, -0.15) is 36.3 Å². The number of alkyl halides is 6. The van der Waals surface area contributed by atoms with E-state index in [2.05, 4.69) is 19.9 Å². The Balaban J connectivity index is 0.000000208. The number of benzene rings is 4. The summed E-state index contributed by atoms with van der Waals surface area (Å²) < 4.78 is 113. The molecule has 0 saturated carbocycles. The van der Waals surface area contributed by atoms with Crippen LogP contribution in [0.3, 0.4) is 0 Å². The Morgan fingerprint density at radius 1 is 0.574 bits per heavy atom. The molecule has 0 bridgehead atoms. The number of rotatable bonds is 10. The number of halogens is 6. The second-order valence-corrected chi connectivity index (χ2v) is 14.1. The Hall–Kier alpha value is -5.48. The van der Waals surface area contributed by atoms with Crippen molar-refractivity contribution in [3.05, 3.63) is 144 Å². The van der Waals surface area contributed by atoms with Gasteiger partial charge < -0.3 is 9.47 Å². The van der Waals surface area contributed by atoms with Gasteiger partial charge >= 0.3 is 12.4 Å². The van der Waals surface area contributed by atoms with E-state index in [-0.39, 0.29) is 23.7 Å². The van der Waals surface area contributed by atoms with Gasteiger partial charge in [-0.1, -0.05) is 96.7 Å². The fraction of sp³-hybridized carbons (Fsp3) is 0.158. The lowest BCUT2D eigenvalue weighted by Crippen LogP contribution is -2.08. The molecular weight excluding hydrogens is 755 g/mol. The molecule has 0 unspecified atom stereocenters. The van der Waals surface area contributed by atoms with Crippen LogP contribution >= 0.6 is 11.8 Å². The van der Waals surface area contributed by atoms with E-state index in [1.54, 1.807) is 18.4 Å². The minimum atomic E-state index is -4.53. The summed E-state index contributed by atoms with van der Waals surface area (Å²) in [5.74, 6) is 0.271. The van der Waals surface area contributed by atoms with Gasteiger partial charge in [0.1, 0.15) is 13.2 Å². The zero-order valence-electron chi connectivity index (χ0n) is 28.5. The van der Waals surface area contributed by atoms with Crippen LogP contribution in [0, 0.1) is 0 Å². The van der Waals surface area contributed by atoms with Crippen LogP contribution in [-0.2, 0) is 35.4 Å². The van der Waals surface area contributed by atoms with Crippen molar-refractivity contribution in [2.75, 3.05) is 12.5 Å². The summed E-state index contributed by atoms with van der Waals surface area (Å²) in [4.78, 5) is 16.4. The molecule has 0 spiro atoms. The molecule has 6 aromatic rings. The number of ether oxygens (including phenoxy) is 2. The topological polar surface area (TPSA) is 104 Å². The van der Waals surface area contributed by atoms with Crippen LogP contribution in [0.2, 0.25) is 0 Å². The first-order chi connectivity index (χ1) is 25.6. The maximum absolute atomic E-state index is 13.0. The highest BCUT2D eigenvalue weighted by atomic mass is 32.2. The van der Waals surface area contributed by atoms with Crippen molar-refractivity contribution in [3.8, 4) is 34.3 Å². The van der Waals surface area contributed by atoms with Gasteiger partial charge in [0.2, 0.25) is 21.6 Å². The highest BCUT2D eigenvalue weighted by Crippen LogP contribution is 2.34. The largest absolute Gasteiger partial charge is 0.473 e. The molecular formula is C38H30F6N4O4S2. The van der Waals surface area contributed by atoms with Crippen molar-refractivity contribution in [3.63, 3.8) is 0 Å². The van der Waals surface area contributed by atoms with E-state index in [0.29, 0.717) is 28.9 Å². The highest BCUT2D eigenvalue weighted by molar-refractivity contribution is 7.98. The minimum Gasteiger partial charge on any atom is -0.473 e. The van der Waals surface area contributed by atoms with E-state index >= 15 is 0 Å². The molecule has 2 heterocycles. The summed E-state index contributed by atoms with van der Waals surface area (Å²) in [5.41, 5.74) is 1.08. The first-order valence-electron chi connectivity index (χ1n) is 15.8. The standard InChI is InChI=1S/C19H15F3N2O3S.C19H15F3N2OS/c1-28(25,26)18-23-16(14-8-5-9-15(10-14)19(20,21)22)11-17(24-18)27-12-13-6-3-2-4-7-13;1-26-18-23-16(14-8-5-9-15(10-14)19(20,21)22)11-17(24-18)25-12-13-6-3-2-4-7-13/h2-11H,12H2,1H3;2-11H,12H2,1H3. The predicted molar refractivity (Wildman–Crippen MR) is 191 cm³/mol. The van der Waals surface area contributed by atoms with Crippen molar-refractivity contribution >= 4 is 21.6 Å². The van der Waals surface area contributed by atoms with Gasteiger partial charge in [-0.25, -0.2) is 18.4 Å². The molecule has 0 aliphatic carbocycles. The zero-order chi connectivity index (χ0) is 38.9. The summed E-state index contributed by atoms with van der Waals surface area (Å²) in [5, 5.41) is -0.0894. The summed E-state index contributed by atoms with van der Waals surface area (Å²) in [6.07, 6.45) is -6.22. The number of thioether (sulfide) groups is 1. The number of hydrogen-bond acceptors (Lipinski definition) is 9. The van der Waals surface area contributed by atoms with Crippen molar-refractivity contribution < 1.29 is 44.2 Å². The van der Waals surface area contributed by atoms with Crippen molar-refractivity contribution in [1.82, 2.24) is 19.9 Å². The second-order valence-electron chi connectivity index (χ2n) is 11.4. The van der Waals surface area contributed by atoms with Gasteiger partial charge in [0.25, 0.3) is 5.16 Å². The van der Waals surface area contributed by atoms with E-state index in [1.807, 2.05) is 60.7 Å². The van der Waals surface area contributed by atoms with E-state index in [1.165, 1.54) is 36.0 Å². The van der Waals surface area contributed by atoms with Gasteiger partial charge in [0.05, 0.1) is 22.5 Å². The molecule has 0 radical (unpaired) electrons. The molecule has 16 heteroatoms. The number of hydrogen-bond donors (Lipinski definition) is 0. The first-order valence-corrected chi connectivity index (χ1v) is 18.9. The molecule has 8 nitrogen and oxygen atoms in total. The third kappa shape index (κ3) is 11.3. The van der Waals surface area contributed by atoms with Crippen LogP contribution in [0.1, 0.15) is 22.3 Å². The van der Waals surface area contributed by atoms with Crippen molar-refractivity contribution in [2.24, 2.45) is 0 Å². The van der Waals surface area contributed by atoms with Gasteiger partial charge in [0, 0.05) is 29.5 Å². The zero-order valence-corrected chi connectivity index (χ0v) is 30.1.